The van der Waals surface area contributed by atoms with Gasteiger partial charge in [-0.3, -0.25) is 0 Å². The number of methoxy groups -OCH3 is 1. The number of alkyl carbamates (subject to hydrolysis) is 1. The molecule has 0 radical (unpaired) electrons. The molecule has 0 bridgehead atoms. The first-order valence-electron chi connectivity index (χ1n) is 7.45. The molecule has 0 aliphatic carbocycles. The van der Waals surface area contributed by atoms with Crippen molar-refractivity contribution in [2.24, 2.45) is 0 Å². The van der Waals surface area contributed by atoms with E-state index < -0.39 is 33.8 Å². The summed E-state index contributed by atoms with van der Waals surface area (Å²) in [6.07, 6.45) is 0.351. The maximum absolute atomic E-state index is 11.9. The van der Waals surface area contributed by atoms with Gasteiger partial charge < -0.3 is 19.0 Å². The number of carbonyl (C=O) groups is 2. The van der Waals surface area contributed by atoms with Gasteiger partial charge in [0.2, 0.25) is 0 Å². The topological polar surface area (TPSA) is 108 Å². The van der Waals surface area contributed by atoms with E-state index in [1.165, 1.54) is 19.2 Å². The molecule has 1 aromatic rings. The van der Waals surface area contributed by atoms with Crippen molar-refractivity contribution in [3.8, 4) is 5.75 Å². The number of ether oxygens (including phenoxy) is 2. The van der Waals surface area contributed by atoms with Gasteiger partial charge in [0, 0.05) is 6.42 Å². The fourth-order valence-corrected chi connectivity index (χ4v) is 2.34. The molecule has 140 valence electrons. The zero-order chi connectivity index (χ0) is 19.3. The Labute approximate surface area is 147 Å². The molecule has 25 heavy (non-hydrogen) atoms. The molecule has 1 N–H and O–H groups in total. The molecule has 0 unspecified atom stereocenters. The molecule has 0 saturated carbocycles. The highest BCUT2D eigenvalue weighted by molar-refractivity contribution is 7.86. The van der Waals surface area contributed by atoms with E-state index in [2.05, 4.69) is 5.32 Å². The van der Waals surface area contributed by atoms with Crippen molar-refractivity contribution in [3.05, 3.63) is 29.8 Å². The molecule has 8 nitrogen and oxygen atoms in total. The van der Waals surface area contributed by atoms with Crippen molar-refractivity contribution in [3.63, 3.8) is 0 Å². The van der Waals surface area contributed by atoms with E-state index in [0.29, 0.717) is 5.56 Å². The minimum Gasteiger partial charge on any atom is -0.467 e. The maximum Gasteiger partial charge on any atom is 0.408 e. The number of benzene rings is 1. The van der Waals surface area contributed by atoms with Crippen LogP contribution in [-0.4, -0.2) is 45.5 Å². The fraction of sp³-hybridized carbons (Fsp3) is 0.500. The monoisotopic (exact) mass is 373 g/mol. The van der Waals surface area contributed by atoms with Crippen LogP contribution < -0.4 is 9.50 Å². The third kappa shape index (κ3) is 8.39. The van der Waals surface area contributed by atoms with Gasteiger partial charge in [-0.25, -0.2) is 9.59 Å². The molecular weight excluding hydrogens is 350 g/mol. The second-order valence-electron chi connectivity index (χ2n) is 6.36. The largest absolute Gasteiger partial charge is 0.467 e. The van der Waals surface area contributed by atoms with Crippen molar-refractivity contribution in [1.29, 1.82) is 0 Å². The average Bonchev–Trinajstić information content (AvgIpc) is 2.44. The minimum absolute atomic E-state index is 0.144. The summed E-state index contributed by atoms with van der Waals surface area (Å²) in [5.41, 5.74) is -0.0256. The number of amides is 1. The Morgan fingerprint density at radius 3 is 2.16 bits per heavy atom. The zero-order valence-electron chi connectivity index (χ0n) is 14.9. The Morgan fingerprint density at radius 2 is 1.72 bits per heavy atom. The smallest absolute Gasteiger partial charge is 0.408 e. The van der Waals surface area contributed by atoms with Crippen LogP contribution in [0.5, 0.6) is 5.75 Å². The summed E-state index contributed by atoms with van der Waals surface area (Å²) in [4.78, 5) is 23.7. The second kappa shape index (κ2) is 8.19. The first-order chi connectivity index (χ1) is 11.4. The van der Waals surface area contributed by atoms with Gasteiger partial charge >= 0.3 is 22.2 Å². The lowest BCUT2D eigenvalue weighted by atomic mass is 10.1. The Morgan fingerprint density at radius 1 is 1.16 bits per heavy atom. The molecule has 0 fully saturated rings. The molecule has 0 spiro atoms. The predicted molar refractivity (Wildman–Crippen MR) is 90.8 cm³/mol. The standard InChI is InChI=1S/C16H23NO7S/c1-16(2,3)23-15(19)17-13(14(18)22-4)10-11-6-8-12(9-7-11)24-25(5,20)21/h6-9,13H,10H2,1-5H3,(H,17,19)/t13-/m1/s1. The highest BCUT2D eigenvalue weighted by atomic mass is 32.2. The quantitative estimate of drug-likeness (QED) is 0.596. The first kappa shape index (κ1) is 20.8. The lowest BCUT2D eigenvalue weighted by Crippen LogP contribution is -2.45. The summed E-state index contributed by atoms with van der Waals surface area (Å²) >= 11 is 0. The normalized spacial score (nSPS) is 12.8. The molecule has 0 aliphatic heterocycles. The van der Waals surface area contributed by atoms with Gasteiger partial charge in [0.1, 0.15) is 17.4 Å². The van der Waals surface area contributed by atoms with Crippen LogP contribution in [0, 0.1) is 0 Å². The van der Waals surface area contributed by atoms with Crippen LogP contribution in [0.1, 0.15) is 26.3 Å². The third-order valence-corrected chi connectivity index (χ3v) is 3.28. The van der Waals surface area contributed by atoms with E-state index in [4.69, 9.17) is 13.7 Å². The van der Waals surface area contributed by atoms with Crippen LogP contribution in [-0.2, 0) is 30.8 Å². The molecule has 0 heterocycles. The number of hydrogen-bond acceptors (Lipinski definition) is 7. The lowest BCUT2D eigenvalue weighted by Gasteiger charge is -2.22. The van der Waals surface area contributed by atoms with Gasteiger partial charge in [0.05, 0.1) is 13.4 Å². The number of carbonyl (C=O) groups excluding carboxylic acids is 2. The summed E-state index contributed by atoms with van der Waals surface area (Å²) in [7, 11) is -2.39. The van der Waals surface area contributed by atoms with Crippen LogP contribution in [0.2, 0.25) is 0 Å². The number of nitrogens with one attached hydrogen (secondary N) is 1. The number of rotatable bonds is 6. The van der Waals surface area contributed by atoms with Gasteiger partial charge in [-0.05, 0) is 38.5 Å². The van der Waals surface area contributed by atoms with Crippen molar-refractivity contribution in [2.45, 2.75) is 38.8 Å². The molecule has 1 atom stereocenters. The molecule has 9 heteroatoms. The van der Waals surface area contributed by atoms with Gasteiger partial charge in [0.25, 0.3) is 0 Å². The summed E-state index contributed by atoms with van der Waals surface area (Å²) in [5.74, 6) is -0.469. The van der Waals surface area contributed by atoms with Gasteiger partial charge in [0.15, 0.2) is 0 Å². The highest BCUT2D eigenvalue weighted by Crippen LogP contribution is 2.16. The molecule has 0 aromatic heterocycles. The predicted octanol–water partition coefficient (Wildman–Crippen LogP) is 1.63. The molecule has 1 amide bonds. The van der Waals surface area contributed by atoms with Crippen LogP contribution in [0.25, 0.3) is 0 Å². The van der Waals surface area contributed by atoms with Gasteiger partial charge in [-0.1, -0.05) is 12.1 Å². The molecular formula is C16H23NO7S. The van der Waals surface area contributed by atoms with E-state index in [1.54, 1.807) is 32.9 Å². The average molecular weight is 373 g/mol. The van der Waals surface area contributed by atoms with Crippen LogP contribution >= 0.6 is 0 Å². The van der Waals surface area contributed by atoms with Crippen molar-refractivity contribution < 1.29 is 31.7 Å². The van der Waals surface area contributed by atoms with Crippen LogP contribution in [0.15, 0.2) is 24.3 Å². The fourth-order valence-electron chi connectivity index (χ4n) is 1.88. The zero-order valence-corrected chi connectivity index (χ0v) is 15.7. The van der Waals surface area contributed by atoms with Crippen LogP contribution in [0.4, 0.5) is 4.79 Å². The van der Waals surface area contributed by atoms with Gasteiger partial charge in [-0.2, -0.15) is 8.42 Å². The van der Waals surface area contributed by atoms with E-state index in [1.807, 2.05) is 0 Å². The number of esters is 1. The van der Waals surface area contributed by atoms with E-state index in [0.717, 1.165) is 6.26 Å². The summed E-state index contributed by atoms with van der Waals surface area (Å²) in [6, 6.07) is 5.15. The Kier molecular flexibility index (Phi) is 6.80. The lowest BCUT2D eigenvalue weighted by molar-refractivity contribution is -0.143. The SMILES string of the molecule is COC(=O)[C@@H](Cc1ccc(OS(C)(=O)=O)cc1)NC(=O)OC(C)(C)C. The first-order valence-corrected chi connectivity index (χ1v) is 9.27. The Bertz CT molecular complexity index is 705. The van der Waals surface area contributed by atoms with Crippen molar-refractivity contribution >= 4 is 22.2 Å². The highest BCUT2D eigenvalue weighted by Gasteiger charge is 2.25. The third-order valence-electron chi connectivity index (χ3n) is 2.79. The molecule has 0 aliphatic rings. The van der Waals surface area contributed by atoms with E-state index in [-0.39, 0.29) is 12.2 Å². The van der Waals surface area contributed by atoms with Crippen molar-refractivity contribution in [2.75, 3.05) is 13.4 Å². The van der Waals surface area contributed by atoms with Gasteiger partial charge in [-0.15, -0.1) is 0 Å². The molecule has 0 saturated heterocycles. The summed E-state index contributed by atoms with van der Waals surface area (Å²) in [5, 5.41) is 2.46. The van der Waals surface area contributed by atoms with Crippen LogP contribution in [0.3, 0.4) is 0 Å². The van der Waals surface area contributed by atoms with E-state index >= 15 is 0 Å². The minimum atomic E-state index is -3.61. The Hall–Kier alpha value is -2.29. The summed E-state index contributed by atoms with van der Waals surface area (Å²) in [6.45, 7) is 5.13. The Balaban J connectivity index is 2.81. The van der Waals surface area contributed by atoms with Crippen molar-refractivity contribution in [1.82, 2.24) is 5.32 Å². The molecule has 1 aromatic carbocycles. The number of hydrogen-bond donors (Lipinski definition) is 1. The maximum atomic E-state index is 11.9. The second-order valence-corrected chi connectivity index (χ2v) is 7.93. The molecule has 1 rings (SSSR count). The van der Waals surface area contributed by atoms with E-state index in [9.17, 15) is 18.0 Å². The summed E-state index contributed by atoms with van der Waals surface area (Å²) < 4.78 is 36.7.